The van der Waals surface area contributed by atoms with Crippen LogP contribution in [0.3, 0.4) is 0 Å². The van der Waals surface area contributed by atoms with Crippen molar-refractivity contribution in [1.82, 2.24) is 5.32 Å². The number of carboxylic acids is 1. The first kappa shape index (κ1) is 24.1. The van der Waals surface area contributed by atoms with Crippen molar-refractivity contribution in [3.63, 3.8) is 0 Å². The molecule has 0 aromatic heterocycles. The largest absolute Gasteiger partial charge is 0.480 e. The molecule has 0 bridgehead atoms. The summed E-state index contributed by atoms with van der Waals surface area (Å²) in [6.45, 7) is 0.351. The highest BCUT2D eigenvalue weighted by Crippen LogP contribution is 2.41. The molecule has 1 aliphatic heterocycles. The normalized spacial score (nSPS) is 13.4. The Kier molecular flexibility index (Phi) is 6.84. The van der Waals surface area contributed by atoms with Crippen LogP contribution in [-0.2, 0) is 29.2 Å². The molecule has 176 valence electrons. The lowest BCUT2D eigenvalue weighted by molar-refractivity contribution is -0.139. The molecule has 0 fully saturated rings. The first-order valence-corrected chi connectivity index (χ1v) is 10.8. The topological polar surface area (TPSA) is 75.6 Å². The Balaban J connectivity index is 1.67. The van der Waals surface area contributed by atoms with Gasteiger partial charge in [-0.05, 0) is 46.5 Å². The van der Waals surface area contributed by atoms with Crippen molar-refractivity contribution in [3.8, 4) is 11.1 Å². The third-order valence-electron chi connectivity index (χ3n) is 5.51. The fraction of sp³-hybridized carbons (Fsp3) is 0.167. The van der Waals surface area contributed by atoms with E-state index >= 15 is 0 Å². The summed E-state index contributed by atoms with van der Waals surface area (Å²) < 4.78 is 47.1. The standard InChI is InChI=1S/C24H16Cl2F3NO4/c25-16-7-12(27)8-17(26)21(16)13-5-4-11(14-9-34-10-15(13)14)6-20(24(32)33)30-23(31)22-18(28)2-1-3-19(22)29/h1-5,7-8,20H,6,9-10H2,(H,30,31)(H,32,33)/t20-/m0/s1. The summed E-state index contributed by atoms with van der Waals surface area (Å²) in [5.74, 6) is -5.36. The molecule has 10 heteroatoms. The molecular formula is C24H16Cl2F3NO4. The number of ether oxygens (including phenoxy) is 1. The highest BCUT2D eigenvalue weighted by Gasteiger charge is 2.28. The molecule has 1 atom stereocenters. The van der Waals surface area contributed by atoms with Crippen LogP contribution in [0.2, 0.25) is 10.0 Å². The second-order valence-corrected chi connectivity index (χ2v) is 8.45. The first-order valence-electron chi connectivity index (χ1n) is 10.0. The average Bonchev–Trinajstić information content (AvgIpc) is 3.24. The predicted molar refractivity (Wildman–Crippen MR) is 119 cm³/mol. The number of benzene rings is 3. The van der Waals surface area contributed by atoms with Crippen LogP contribution in [0.1, 0.15) is 27.0 Å². The highest BCUT2D eigenvalue weighted by molar-refractivity contribution is 6.39. The first-order chi connectivity index (χ1) is 16.2. The maximum atomic E-state index is 13.9. The molecule has 3 aromatic rings. The van der Waals surface area contributed by atoms with E-state index < -0.39 is 40.9 Å². The lowest BCUT2D eigenvalue weighted by atomic mass is 9.91. The minimum atomic E-state index is -1.47. The summed E-state index contributed by atoms with van der Waals surface area (Å²) in [6, 6.07) is 6.99. The van der Waals surface area contributed by atoms with Gasteiger partial charge in [-0.3, -0.25) is 4.79 Å². The van der Waals surface area contributed by atoms with E-state index in [1.807, 2.05) is 0 Å². The summed E-state index contributed by atoms with van der Waals surface area (Å²) in [7, 11) is 0. The van der Waals surface area contributed by atoms with Crippen LogP contribution in [0, 0.1) is 17.5 Å². The van der Waals surface area contributed by atoms with Crippen LogP contribution in [0.15, 0.2) is 42.5 Å². The molecule has 1 heterocycles. The second-order valence-electron chi connectivity index (χ2n) is 7.63. The third-order valence-corrected chi connectivity index (χ3v) is 6.11. The molecule has 1 amide bonds. The lowest BCUT2D eigenvalue weighted by Crippen LogP contribution is -2.43. The van der Waals surface area contributed by atoms with Gasteiger partial charge in [-0.15, -0.1) is 0 Å². The van der Waals surface area contributed by atoms with Crippen molar-refractivity contribution in [2.24, 2.45) is 0 Å². The molecule has 34 heavy (non-hydrogen) atoms. The van der Waals surface area contributed by atoms with Gasteiger partial charge < -0.3 is 15.2 Å². The molecule has 4 rings (SSSR count). The van der Waals surface area contributed by atoms with Gasteiger partial charge in [-0.1, -0.05) is 41.4 Å². The van der Waals surface area contributed by atoms with Crippen LogP contribution in [0.4, 0.5) is 13.2 Å². The van der Waals surface area contributed by atoms with E-state index in [0.29, 0.717) is 27.8 Å². The van der Waals surface area contributed by atoms with E-state index in [1.54, 1.807) is 12.1 Å². The molecule has 0 spiro atoms. The van der Waals surface area contributed by atoms with E-state index in [4.69, 9.17) is 27.9 Å². The van der Waals surface area contributed by atoms with E-state index in [-0.39, 0.29) is 29.7 Å². The number of carbonyl (C=O) groups is 2. The minimum absolute atomic E-state index is 0.106. The number of carboxylic acid groups (broad SMARTS) is 1. The Morgan fingerprint density at radius 1 is 1.00 bits per heavy atom. The van der Waals surface area contributed by atoms with Gasteiger partial charge in [0, 0.05) is 12.0 Å². The maximum Gasteiger partial charge on any atom is 0.326 e. The number of carbonyl (C=O) groups excluding carboxylic acids is 1. The second kappa shape index (κ2) is 9.66. The van der Waals surface area contributed by atoms with Crippen molar-refractivity contribution < 1.29 is 32.6 Å². The van der Waals surface area contributed by atoms with Crippen molar-refractivity contribution >= 4 is 35.1 Å². The van der Waals surface area contributed by atoms with Gasteiger partial charge in [0.2, 0.25) is 0 Å². The Labute approximate surface area is 202 Å². The molecule has 0 saturated carbocycles. The number of rotatable bonds is 6. The van der Waals surface area contributed by atoms with E-state index in [1.165, 1.54) is 0 Å². The molecule has 0 saturated heterocycles. The molecule has 0 aliphatic carbocycles. The van der Waals surface area contributed by atoms with Crippen molar-refractivity contribution in [2.75, 3.05) is 0 Å². The van der Waals surface area contributed by atoms with Gasteiger partial charge in [-0.25, -0.2) is 18.0 Å². The van der Waals surface area contributed by atoms with Crippen LogP contribution < -0.4 is 5.32 Å². The van der Waals surface area contributed by atoms with E-state index in [2.05, 4.69) is 5.32 Å². The number of halogens is 5. The highest BCUT2D eigenvalue weighted by atomic mass is 35.5. The fourth-order valence-electron chi connectivity index (χ4n) is 3.93. The summed E-state index contributed by atoms with van der Waals surface area (Å²) in [6.07, 6.45) is -0.173. The molecule has 2 N–H and O–H groups in total. The molecular weight excluding hydrogens is 494 g/mol. The molecule has 5 nitrogen and oxygen atoms in total. The summed E-state index contributed by atoms with van der Waals surface area (Å²) in [4.78, 5) is 24.3. The monoisotopic (exact) mass is 509 g/mol. The van der Waals surface area contributed by atoms with Gasteiger partial charge in [0.15, 0.2) is 0 Å². The summed E-state index contributed by atoms with van der Waals surface area (Å²) in [5.41, 5.74) is 2.08. The number of fused-ring (bicyclic) bond motifs is 1. The lowest BCUT2D eigenvalue weighted by Gasteiger charge is -2.19. The van der Waals surface area contributed by atoms with Crippen LogP contribution in [-0.4, -0.2) is 23.0 Å². The number of hydrogen-bond acceptors (Lipinski definition) is 3. The number of nitrogens with one attached hydrogen (secondary N) is 1. The number of amides is 1. The quantitative estimate of drug-likeness (QED) is 0.457. The minimum Gasteiger partial charge on any atom is -0.480 e. The van der Waals surface area contributed by atoms with Gasteiger partial charge in [0.1, 0.15) is 29.1 Å². The predicted octanol–water partition coefficient (Wildman–Crippen LogP) is 5.53. The summed E-state index contributed by atoms with van der Waals surface area (Å²) in [5, 5.41) is 12.0. The van der Waals surface area contributed by atoms with Gasteiger partial charge >= 0.3 is 5.97 Å². The zero-order valence-corrected chi connectivity index (χ0v) is 18.8. The van der Waals surface area contributed by atoms with Gasteiger partial charge in [0.05, 0.1) is 23.3 Å². The SMILES string of the molecule is O=C(N[C@@H](Cc1ccc(-c2c(Cl)cc(F)cc2Cl)c2c1COC2)C(=O)O)c1c(F)cccc1F. The van der Waals surface area contributed by atoms with Crippen LogP contribution in [0.5, 0.6) is 0 Å². The van der Waals surface area contributed by atoms with Gasteiger partial charge in [0.25, 0.3) is 5.91 Å². The van der Waals surface area contributed by atoms with Crippen molar-refractivity contribution in [1.29, 1.82) is 0 Å². The van der Waals surface area contributed by atoms with Crippen molar-refractivity contribution in [2.45, 2.75) is 25.7 Å². The Hall–Kier alpha value is -3.07. The third kappa shape index (κ3) is 4.61. The maximum absolute atomic E-state index is 13.9. The number of aliphatic carboxylic acids is 1. The Morgan fingerprint density at radius 2 is 1.62 bits per heavy atom. The molecule has 3 aromatic carbocycles. The Bertz CT molecular complexity index is 1270. The Morgan fingerprint density at radius 3 is 2.24 bits per heavy atom. The van der Waals surface area contributed by atoms with Crippen LogP contribution >= 0.6 is 23.2 Å². The molecule has 1 aliphatic rings. The van der Waals surface area contributed by atoms with Gasteiger partial charge in [-0.2, -0.15) is 0 Å². The smallest absolute Gasteiger partial charge is 0.326 e. The zero-order chi connectivity index (χ0) is 24.6. The van der Waals surface area contributed by atoms with E-state index in [9.17, 15) is 27.9 Å². The fourth-order valence-corrected chi connectivity index (χ4v) is 4.60. The molecule has 0 unspecified atom stereocenters. The van der Waals surface area contributed by atoms with Crippen molar-refractivity contribution in [3.05, 3.63) is 92.2 Å². The average molecular weight is 510 g/mol. The summed E-state index contributed by atoms with van der Waals surface area (Å²) >= 11 is 12.5. The zero-order valence-electron chi connectivity index (χ0n) is 17.3. The molecule has 0 radical (unpaired) electrons. The van der Waals surface area contributed by atoms with Crippen LogP contribution in [0.25, 0.3) is 11.1 Å². The number of hydrogen-bond donors (Lipinski definition) is 2. The van der Waals surface area contributed by atoms with E-state index in [0.717, 1.165) is 30.3 Å².